The number of aromatic nitrogens is 3. The molecule has 25 heavy (non-hydrogen) atoms. The van der Waals surface area contributed by atoms with E-state index in [9.17, 15) is 9.59 Å². The monoisotopic (exact) mass is 344 g/mol. The molecule has 0 unspecified atom stereocenters. The molecule has 1 aliphatic rings. The molecule has 8 nitrogen and oxygen atoms in total. The van der Waals surface area contributed by atoms with Crippen LogP contribution < -0.4 is 10.6 Å². The Labute approximate surface area is 146 Å². The largest absolute Gasteiger partial charge is 0.369 e. The van der Waals surface area contributed by atoms with E-state index in [4.69, 9.17) is 5.73 Å². The van der Waals surface area contributed by atoms with E-state index in [1.807, 2.05) is 30.9 Å². The molecule has 3 heterocycles. The number of hydrogen-bond acceptors (Lipinski definition) is 5. The number of aryl methyl sites for hydroxylation is 1. The fourth-order valence-electron chi connectivity index (χ4n) is 3.54. The summed E-state index contributed by atoms with van der Waals surface area (Å²) in [4.78, 5) is 35.9. The molecule has 134 valence electrons. The first-order valence-corrected chi connectivity index (χ1v) is 8.43. The first-order chi connectivity index (χ1) is 11.9. The van der Waals surface area contributed by atoms with Gasteiger partial charge in [-0.3, -0.25) is 9.59 Å². The number of anilines is 1. The predicted octanol–water partition coefficient (Wildman–Crippen LogP) is 0.517. The lowest BCUT2D eigenvalue weighted by Crippen LogP contribution is -2.53. The maximum absolute atomic E-state index is 12.2. The summed E-state index contributed by atoms with van der Waals surface area (Å²) in [5.41, 5.74) is 6.04. The number of primary amides is 1. The van der Waals surface area contributed by atoms with Gasteiger partial charge in [0, 0.05) is 33.4 Å². The summed E-state index contributed by atoms with van der Waals surface area (Å²) in [5.74, 6) is 0.462. The fourth-order valence-corrected chi connectivity index (χ4v) is 3.54. The quantitative estimate of drug-likeness (QED) is 0.816. The van der Waals surface area contributed by atoms with Crippen LogP contribution in [0.2, 0.25) is 0 Å². The van der Waals surface area contributed by atoms with E-state index in [2.05, 4.69) is 21.8 Å². The maximum Gasteiger partial charge on any atom is 0.232 e. The standard InChI is InChI=1S/C17H24N6O2/c1-11-4-7-23(15(25)8-14(18)24)9-13(11)22(3)17-12-5-6-21(2)16(12)19-10-20-17/h5-6,10-11,13H,4,7-9H2,1-3H3,(H2,18,24)/t11-,13+/m1/s1. The van der Waals surface area contributed by atoms with Gasteiger partial charge in [-0.15, -0.1) is 0 Å². The Morgan fingerprint density at radius 1 is 1.40 bits per heavy atom. The average Bonchev–Trinajstić information content (AvgIpc) is 2.95. The number of amides is 2. The summed E-state index contributed by atoms with van der Waals surface area (Å²) in [7, 11) is 3.95. The number of likely N-dealkylation sites (N-methyl/N-ethyl adjacent to an activating group) is 1. The fraction of sp³-hybridized carbons (Fsp3) is 0.529. The SMILES string of the molecule is C[C@@H]1CCN(C(=O)CC(N)=O)C[C@@H]1N(C)c1ncnc2c1ccn2C. The molecule has 0 saturated carbocycles. The van der Waals surface area contributed by atoms with Crippen LogP contribution in [-0.2, 0) is 16.6 Å². The van der Waals surface area contributed by atoms with Crippen molar-refractivity contribution in [3.05, 3.63) is 18.6 Å². The molecule has 0 aromatic carbocycles. The normalized spacial score (nSPS) is 20.7. The van der Waals surface area contributed by atoms with E-state index in [0.29, 0.717) is 19.0 Å². The van der Waals surface area contributed by atoms with Crippen LogP contribution in [0, 0.1) is 5.92 Å². The summed E-state index contributed by atoms with van der Waals surface area (Å²) in [6.45, 7) is 3.39. The lowest BCUT2D eigenvalue weighted by atomic mass is 9.92. The summed E-state index contributed by atoms with van der Waals surface area (Å²) in [6.07, 6.45) is 4.17. The third kappa shape index (κ3) is 3.29. The van der Waals surface area contributed by atoms with Crippen molar-refractivity contribution in [3.63, 3.8) is 0 Å². The van der Waals surface area contributed by atoms with Gasteiger partial charge in [-0.25, -0.2) is 9.97 Å². The summed E-state index contributed by atoms with van der Waals surface area (Å²) >= 11 is 0. The number of hydrogen-bond donors (Lipinski definition) is 1. The molecule has 0 bridgehead atoms. The Morgan fingerprint density at radius 2 is 2.16 bits per heavy atom. The van der Waals surface area contributed by atoms with Crippen molar-refractivity contribution in [2.75, 3.05) is 25.0 Å². The number of carbonyl (C=O) groups is 2. The molecule has 2 amide bonds. The molecule has 0 spiro atoms. The van der Waals surface area contributed by atoms with E-state index in [0.717, 1.165) is 23.3 Å². The smallest absolute Gasteiger partial charge is 0.232 e. The van der Waals surface area contributed by atoms with E-state index in [-0.39, 0.29) is 18.4 Å². The highest BCUT2D eigenvalue weighted by Gasteiger charge is 2.33. The average molecular weight is 344 g/mol. The first kappa shape index (κ1) is 17.2. The van der Waals surface area contributed by atoms with E-state index >= 15 is 0 Å². The number of nitrogens with two attached hydrogens (primary N) is 1. The maximum atomic E-state index is 12.2. The minimum atomic E-state index is -0.588. The van der Waals surface area contributed by atoms with Crippen LogP contribution in [0.15, 0.2) is 18.6 Å². The van der Waals surface area contributed by atoms with Crippen molar-refractivity contribution in [2.24, 2.45) is 18.7 Å². The lowest BCUT2D eigenvalue weighted by Gasteiger charge is -2.42. The highest BCUT2D eigenvalue weighted by molar-refractivity contribution is 5.96. The van der Waals surface area contributed by atoms with E-state index < -0.39 is 5.91 Å². The van der Waals surface area contributed by atoms with Crippen molar-refractivity contribution in [2.45, 2.75) is 25.8 Å². The second-order valence-electron chi connectivity index (χ2n) is 6.79. The van der Waals surface area contributed by atoms with Gasteiger partial charge in [0.25, 0.3) is 0 Å². The summed E-state index contributed by atoms with van der Waals surface area (Å²) in [5, 5.41) is 0.986. The van der Waals surface area contributed by atoms with Crippen molar-refractivity contribution >= 4 is 28.7 Å². The minimum absolute atomic E-state index is 0.115. The number of piperidine rings is 1. The third-order valence-electron chi connectivity index (χ3n) is 5.07. The van der Waals surface area contributed by atoms with Crippen molar-refractivity contribution < 1.29 is 9.59 Å². The predicted molar refractivity (Wildman–Crippen MR) is 94.9 cm³/mol. The van der Waals surface area contributed by atoms with E-state index in [1.54, 1.807) is 11.2 Å². The number of likely N-dealkylation sites (tertiary alicyclic amines) is 1. The molecule has 0 radical (unpaired) electrons. The Balaban J connectivity index is 1.85. The molecule has 3 rings (SSSR count). The number of carbonyl (C=O) groups excluding carboxylic acids is 2. The highest BCUT2D eigenvalue weighted by atomic mass is 16.2. The van der Waals surface area contributed by atoms with Crippen LogP contribution in [-0.4, -0.2) is 57.4 Å². The molecule has 2 atom stereocenters. The van der Waals surface area contributed by atoms with Crippen molar-refractivity contribution in [3.8, 4) is 0 Å². The molecule has 8 heteroatoms. The van der Waals surface area contributed by atoms with Gasteiger partial charge < -0.3 is 20.1 Å². The zero-order chi connectivity index (χ0) is 18.1. The molecule has 1 saturated heterocycles. The van der Waals surface area contributed by atoms with Gasteiger partial charge in [0.05, 0.1) is 11.4 Å². The van der Waals surface area contributed by atoms with Crippen LogP contribution in [0.4, 0.5) is 5.82 Å². The van der Waals surface area contributed by atoms with Crippen LogP contribution in [0.1, 0.15) is 19.8 Å². The molecule has 2 N–H and O–H groups in total. The number of fused-ring (bicyclic) bond motifs is 1. The van der Waals surface area contributed by atoms with Crippen molar-refractivity contribution in [1.82, 2.24) is 19.4 Å². The van der Waals surface area contributed by atoms with Crippen LogP contribution >= 0.6 is 0 Å². The van der Waals surface area contributed by atoms with Gasteiger partial charge in [0.1, 0.15) is 24.2 Å². The number of rotatable bonds is 4. The molecule has 1 aliphatic heterocycles. The molecular weight excluding hydrogens is 320 g/mol. The Morgan fingerprint density at radius 3 is 2.88 bits per heavy atom. The van der Waals surface area contributed by atoms with Crippen LogP contribution in [0.3, 0.4) is 0 Å². The third-order valence-corrected chi connectivity index (χ3v) is 5.07. The van der Waals surface area contributed by atoms with Crippen LogP contribution in [0.25, 0.3) is 11.0 Å². The molecular formula is C17H24N6O2. The van der Waals surface area contributed by atoms with Crippen molar-refractivity contribution in [1.29, 1.82) is 0 Å². The lowest BCUT2D eigenvalue weighted by molar-refractivity contribution is -0.136. The second-order valence-corrected chi connectivity index (χ2v) is 6.79. The van der Waals surface area contributed by atoms with Gasteiger partial charge in [0.2, 0.25) is 11.8 Å². The summed E-state index contributed by atoms with van der Waals surface area (Å²) < 4.78 is 1.96. The molecule has 2 aromatic heterocycles. The highest BCUT2D eigenvalue weighted by Crippen LogP contribution is 2.29. The molecule has 0 aliphatic carbocycles. The Kier molecular flexibility index (Phi) is 4.61. The Bertz CT molecular complexity index is 802. The number of nitrogens with zero attached hydrogens (tertiary/aromatic N) is 5. The van der Waals surface area contributed by atoms with Gasteiger partial charge >= 0.3 is 0 Å². The topological polar surface area (TPSA) is 97.3 Å². The van der Waals surface area contributed by atoms with Gasteiger partial charge in [-0.2, -0.15) is 0 Å². The van der Waals surface area contributed by atoms with Gasteiger partial charge in [0.15, 0.2) is 0 Å². The van der Waals surface area contributed by atoms with Crippen LogP contribution in [0.5, 0.6) is 0 Å². The molecule has 1 fully saturated rings. The summed E-state index contributed by atoms with van der Waals surface area (Å²) in [6, 6.07) is 2.12. The molecule has 2 aromatic rings. The van der Waals surface area contributed by atoms with E-state index in [1.165, 1.54) is 0 Å². The van der Waals surface area contributed by atoms with Gasteiger partial charge in [-0.05, 0) is 18.4 Å². The van der Waals surface area contributed by atoms with Gasteiger partial charge in [-0.1, -0.05) is 6.92 Å². The Hall–Kier alpha value is -2.64. The first-order valence-electron chi connectivity index (χ1n) is 8.43. The minimum Gasteiger partial charge on any atom is -0.369 e. The zero-order valence-corrected chi connectivity index (χ0v) is 14.8. The zero-order valence-electron chi connectivity index (χ0n) is 14.8. The second kappa shape index (κ2) is 6.70.